The zero-order valence-electron chi connectivity index (χ0n) is 15.8. The van der Waals surface area contributed by atoms with E-state index in [0.29, 0.717) is 18.3 Å². The van der Waals surface area contributed by atoms with Gasteiger partial charge in [-0.3, -0.25) is 0 Å². The summed E-state index contributed by atoms with van der Waals surface area (Å²) in [5, 5.41) is 4.46. The van der Waals surface area contributed by atoms with Gasteiger partial charge in [-0.05, 0) is 56.7 Å². The van der Waals surface area contributed by atoms with Gasteiger partial charge in [0.1, 0.15) is 10.6 Å². The number of hydrogen-bond acceptors (Lipinski definition) is 6. The maximum Gasteiger partial charge on any atom is 0.376 e. The molecule has 1 aliphatic rings. The van der Waals surface area contributed by atoms with Crippen molar-refractivity contribution < 1.29 is 9.53 Å². The first-order chi connectivity index (χ1) is 13.0. The Hall–Kier alpha value is -2.47. The topological polar surface area (TPSA) is 64.1 Å². The summed E-state index contributed by atoms with van der Waals surface area (Å²) in [5.41, 5.74) is 3.47. The van der Waals surface area contributed by atoms with E-state index in [9.17, 15) is 4.79 Å². The molecular weight excluding hydrogens is 358 g/mol. The molecule has 3 aromatic rings. The number of esters is 1. The van der Waals surface area contributed by atoms with Crippen LogP contribution >= 0.6 is 11.3 Å². The van der Waals surface area contributed by atoms with Crippen LogP contribution in [0.5, 0.6) is 0 Å². The van der Waals surface area contributed by atoms with E-state index in [1.165, 1.54) is 22.4 Å². The Kier molecular flexibility index (Phi) is 4.83. The quantitative estimate of drug-likeness (QED) is 0.641. The van der Waals surface area contributed by atoms with E-state index in [1.54, 1.807) is 18.3 Å². The van der Waals surface area contributed by atoms with E-state index in [0.717, 1.165) is 28.7 Å². The Morgan fingerprint density at radius 1 is 1.30 bits per heavy atom. The van der Waals surface area contributed by atoms with Crippen molar-refractivity contribution in [2.45, 2.75) is 40.0 Å². The second-order valence-corrected chi connectivity index (χ2v) is 8.22. The number of thiophene rings is 1. The van der Waals surface area contributed by atoms with Crippen LogP contribution in [0.2, 0.25) is 0 Å². The van der Waals surface area contributed by atoms with Crippen LogP contribution in [-0.4, -0.2) is 22.5 Å². The molecule has 0 fully saturated rings. The van der Waals surface area contributed by atoms with Gasteiger partial charge in [-0.2, -0.15) is 0 Å². The smallest absolute Gasteiger partial charge is 0.376 e. The van der Waals surface area contributed by atoms with Crippen molar-refractivity contribution >= 4 is 39.0 Å². The zero-order valence-corrected chi connectivity index (χ0v) is 16.7. The lowest BCUT2D eigenvalue weighted by Crippen LogP contribution is -2.12. The zero-order chi connectivity index (χ0) is 19.0. The average Bonchev–Trinajstić information content (AvgIpc) is 3.01. The van der Waals surface area contributed by atoms with Crippen LogP contribution < -0.4 is 5.32 Å². The van der Waals surface area contributed by atoms with E-state index < -0.39 is 5.97 Å². The Labute approximate surface area is 162 Å². The summed E-state index contributed by atoms with van der Waals surface area (Å²) in [4.78, 5) is 23.6. The molecule has 1 aliphatic carbocycles. The van der Waals surface area contributed by atoms with Crippen LogP contribution in [0.1, 0.15) is 46.9 Å². The lowest BCUT2D eigenvalue weighted by molar-refractivity contribution is 0.0512. The molecule has 0 amide bonds. The monoisotopic (exact) mass is 381 g/mol. The fourth-order valence-electron chi connectivity index (χ4n) is 3.49. The molecule has 1 aromatic carbocycles. The third-order valence-corrected chi connectivity index (χ3v) is 6.08. The van der Waals surface area contributed by atoms with E-state index in [1.807, 2.05) is 12.1 Å². The highest BCUT2D eigenvalue weighted by atomic mass is 32.1. The van der Waals surface area contributed by atoms with Gasteiger partial charge >= 0.3 is 5.97 Å². The third-order valence-electron chi connectivity index (χ3n) is 4.93. The highest BCUT2D eigenvalue weighted by Gasteiger charge is 2.25. The molecule has 0 saturated carbocycles. The molecule has 1 atom stereocenters. The average molecular weight is 382 g/mol. The van der Waals surface area contributed by atoms with Crippen molar-refractivity contribution in [3.05, 3.63) is 46.1 Å². The highest BCUT2D eigenvalue weighted by molar-refractivity contribution is 7.19. The summed E-state index contributed by atoms with van der Waals surface area (Å²) >= 11 is 1.68. The van der Waals surface area contributed by atoms with Crippen LogP contribution in [0.15, 0.2) is 24.3 Å². The number of benzene rings is 1. The molecule has 0 aliphatic heterocycles. The van der Waals surface area contributed by atoms with E-state index in [2.05, 4.69) is 41.3 Å². The molecule has 140 valence electrons. The minimum atomic E-state index is -0.480. The number of fused-ring (bicyclic) bond motifs is 3. The van der Waals surface area contributed by atoms with Gasteiger partial charge in [0.05, 0.1) is 12.0 Å². The Bertz CT molecular complexity index is 995. The number of anilines is 2. The summed E-state index contributed by atoms with van der Waals surface area (Å²) in [5.74, 6) is 1.01. The SMILES string of the molecule is CCOC(=O)c1nc(Nc2ccc(C)cc2)c2c3c(sc2n1)CC(C)CC3. The fraction of sp³-hybridized carbons (Fsp3) is 0.381. The number of carbonyl (C=O) groups excluding carboxylic acids is 1. The van der Waals surface area contributed by atoms with Crippen molar-refractivity contribution in [3.8, 4) is 0 Å². The summed E-state index contributed by atoms with van der Waals surface area (Å²) in [6, 6.07) is 8.15. The largest absolute Gasteiger partial charge is 0.460 e. The van der Waals surface area contributed by atoms with Gasteiger partial charge in [-0.15, -0.1) is 11.3 Å². The van der Waals surface area contributed by atoms with Crippen molar-refractivity contribution in [1.29, 1.82) is 0 Å². The van der Waals surface area contributed by atoms with Crippen LogP contribution in [-0.2, 0) is 17.6 Å². The number of aryl methyl sites for hydroxylation is 2. The predicted octanol–water partition coefficient (Wildman–Crippen LogP) is 5.04. The number of carbonyl (C=O) groups is 1. The van der Waals surface area contributed by atoms with Crippen molar-refractivity contribution in [1.82, 2.24) is 9.97 Å². The predicted molar refractivity (Wildman–Crippen MR) is 109 cm³/mol. The lowest BCUT2D eigenvalue weighted by Gasteiger charge is -2.18. The number of rotatable bonds is 4. The van der Waals surface area contributed by atoms with Gasteiger partial charge in [0.2, 0.25) is 5.82 Å². The van der Waals surface area contributed by atoms with Gasteiger partial charge in [0.25, 0.3) is 0 Å². The maximum absolute atomic E-state index is 12.3. The van der Waals surface area contributed by atoms with E-state index in [4.69, 9.17) is 4.74 Å². The van der Waals surface area contributed by atoms with E-state index >= 15 is 0 Å². The highest BCUT2D eigenvalue weighted by Crippen LogP contribution is 2.40. The molecule has 4 rings (SSSR count). The van der Waals surface area contributed by atoms with Crippen molar-refractivity contribution in [2.75, 3.05) is 11.9 Å². The molecule has 0 bridgehead atoms. The van der Waals surface area contributed by atoms with Crippen molar-refractivity contribution in [2.24, 2.45) is 5.92 Å². The molecule has 1 N–H and O–H groups in total. The number of hydrogen-bond donors (Lipinski definition) is 1. The Morgan fingerprint density at radius 2 is 2.07 bits per heavy atom. The molecule has 0 saturated heterocycles. The lowest BCUT2D eigenvalue weighted by atomic mass is 9.89. The number of ether oxygens (including phenoxy) is 1. The third kappa shape index (κ3) is 3.54. The minimum absolute atomic E-state index is 0.116. The second-order valence-electron chi connectivity index (χ2n) is 7.14. The molecule has 0 radical (unpaired) electrons. The van der Waals surface area contributed by atoms with Crippen molar-refractivity contribution in [3.63, 3.8) is 0 Å². The molecule has 27 heavy (non-hydrogen) atoms. The molecule has 2 aromatic heterocycles. The normalized spacial score (nSPS) is 16.2. The standard InChI is InChI=1S/C21H23N3O2S/c1-4-26-21(25)19-23-18(22-14-8-5-12(2)6-9-14)17-15-10-7-13(3)11-16(15)27-20(17)24-19/h5-6,8-9,13H,4,7,10-11H2,1-3H3,(H,22,23,24). The van der Waals surface area contributed by atoms with Gasteiger partial charge in [0.15, 0.2) is 0 Å². The summed E-state index contributed by atoms with van der Waals surface area (Å²) in [6.45, 7) is 6.43. The molecule has 5 nitrogen and oxygen atoms in total. The molecule has 2 heterocycles. The summed E-state index contributed by atoms with van der Waals surface area (Å²) < 4.78 is 5.13. The van der Waals surface area contributed by atoms with Gasteiger partial charge in [-0.25, -0.2) is 14.8 Å². The first kappa shape index (κ1) is 17.9. The Balaban J connectivity index is 1.84. The fourth-order valence-corrected chi connectivity index (χ4v) is 4.88. The van der Waals surface area contributed by atoms with Gasteiger partial charge < -0.3 is 10.1 Å². The van der Waals surface area contributed by atoms with Crippen LogP contribution in [0.25, 0.3) is 10.2 Å². The molecular formula is C21H23N3O2S. The van der Waals surface area contributed by atoms with Gasteiger partial charge in [0, 0.05) is 10.6 Å². The number of nitrogens with zero attached hydrogens (tertiary/aromatic N) is 2. The van der Waals surface area contributed by atoms with Gasteiger partial charge in [-0.1, -0.05) is 24.6 Å². The minimum Gasteiger partial charge on any atom is -0.460 e. The van der Waals surface area contributed by atoms with Crippen LogP contribution in [0.4, 0.5) is 11.5 Å². The van der Waals surface area contributed by atoms with E-state index in [-0.39, 0.29) is 5.82 Å². The Morgan fingerprint density at radius 3 is 2.81 bits per heavy atom. The molecule has 1 unspecified atom stereocenters. The van der Waals surface area contributed by atoms with Crippen LogP contribution in [0.3, 0.4) is 0 Å². The first-order valence-electron chi connectivity index (χ1n) is 9.38. The second kappa shape index (κ2) is 7.27. The maximum atomic E-state index is 12.3. The summed E-state index contributed by atoms with van der Waals surface area (Å²) in [7, 11) is 0. The first-order valence-corrected chi connectivity index (χ1v) is 10.2. The molecule has 0 spiro atoms. The molecule has 6 heteroatoms. The van der Waals surface area contributed by atoms with Crippen LogP contribution in [0, 0.1) is 12.8 Å². The number of nitrogens with one attached hydrogen (secondary N) is 1. The summed E-state index contributed by atoms with van der Waals surface area (Å²) in [6.07, 6.45) is 3.26. The number of aromatic nitrogens is 2.